The van der Waals surface area contributed by atoms with Crippen molar-refractivity contribution in [2.45, 2.75) is 13.0 Å². The topological polar surface area (TPSA) is 37.3 Å². The predicted octanol–water partition coefficient (Wildman–Crippen LogP) is 3.30. The van der Waals surface area contributed by atoms with Crippen LogP contribution in [0.4, 0.5) is 0 Å². The molecule has 88 valence electrons. The molecule has 0 saturated heterocycles. The number of hydrogen-bond donors (Lipinski definition) is 1. The van der Waals surface area contributed by atoms with E-state index in [2.05, 4.69) is 0 Å². The summed E-state index contributed by atoms with van der Waals surface area (Å²) < 4.78 is 0. The lowest BCUT2D eigenvalue weighted by Gasteiger charge is -2.02. The Hall–Kier alpha value is -1.16. The van der Waals surface area contributed by atoms with Gasteiger partial charge in [-0.25, -0.2) is 0 Å². The van der Waals surface area contributed by atoms with Crippen molar-refractivity contribution in [1.82, 2.24) is 0 Å². The smallest absolute Gasteiger partial charge is 0.160 e. The van der Waals surface area contributed by atoms with Gasteiger partial charge in [-0.2, -0.15) is 0 Å². The lowest BCUT2D eigenvalue weighted by Crippen LogP contribution is -1.90. The van der Waals surface area contributed by atoms with E-state index in [0.29, 0.717) is 16.3 Å². The first-order chi connectivity index (χ1) is 8.22. The molecule has 0 bridgehead atoms. The van der Waals surface area contributed by atoms with Gasteiger partial charge < -0.3 is 5.11 Å². The Bertz CT molecular complexity index is 534. The highest BCUT2D eigenvalue weighted by Gasteiger charge is 2.08. The van der Waals surface area contributed by atoms with Crippen LogP contribution >= 0.6 is 22.9 Å². The summed E-state index contributed by atoms with van der Waals surface area (Å²) in [7, 11) is 0. The maximum atomic E-state index is 10.7. The Morgan fingerprint density at radius 1 is 1.35 bits per heavy atom. The van der Waals surface area contributed by atoms with Crippen molar-refractivity contribution >= 4 is 29.2 Å². The van der Waals surface area contributed by atoms with E-state index in [4.69, 9.17) is 11.6 Å². The minimum absolute atomic E-state index is 0.0333. The van der Waals surface area contributed by atoms with Crippen LogP contribution in [0.2, 0.25) is 5.02 Å². The maximum absolute atomic E-state index is 10.7. The van der Waals surface area contributed by atoms with Gasteiger partial charge in [0.1, 0.15) is 0 Å². The maximum Gasteiger partial charge on any atom is 0.160 e. The molecule has 4 heteroatoms. The van der Waals surface area contributed by atoms with E-state index < -0.39 is 0 Å². The van der Waals surface area contributed by atoms with Crippen LogP contribution in [0, 0.1) is 0 Å². The number of aldehydes is 1. The number of hydrogen-bond acceptors (Lipinski definition) is 3. The lowest BCUT2D eigenvalue weighted by atomic mass is 10.1. The second kappa shape index (κ2) is 5.45. The average Bonchev–Trinajstić information content (AvgIpc) is 2.71. The van der Waals surface area contributed by atoms with Gasteiger partial charge in [0.25, 0.3) is 0 Å². The summed E-state index contributed by atoms with van der Waals surface area (Å²) in [5.41, 5.74) is 2.06. The van der Waals surface area contributed by atoms with Crippen molar-refractivity contribution in [3.05, 3.63) is 56.2 Å². The molecule has 0 radical (unpaired) electrons. The zero-order valence-electron chi connectivity index (χ0n) is 9.02. The Morgan fingerprint density at radius 2 is 2.18 bits per heavy atom. The fraction of sp³-hybridized carbons (Fsp3) is 0.154. The number of aliphatic hydroxyl groups is 1. The molecule has 2 aromatic rings. The highest BCUT2D eigenvalue weighted by atomic mass is 35.5. The van der Waals surface area contributed by atoms with E-state index in [1.165, 1.54) is 11.3 Å². The lowest BCUT2D eigenvalue weighted by molar-refractivity contribution is 0.112. The van der Waals surface area contributed by atoms with Gasteiger partial charge in [-0.05, 0) is 35.7 Å². The van der Waals surface area contributed by atoms with Gasteiger partial charge in [0, 0.05) is 9.90 Å². The molecule has 0 unspecified atom stereocenters. The fourth-order valence-corrected chi connectivity index (χ4v) is 2.77. The normalized spacial score (nSPS) is 10.5. The molecule has 0 amide bonds. The third kappa shape index (κ3) is 2.94. The summed E-state index contributed by atoms with van der Waals surface area (Å²) in [6, 6.07) is 9.40. The highest BCUT2D eigenvalue weighted by molar-refractivity contribution is 7.13. The molecule has 1 aromatic carbocycles. The van der Waals surface area contributed by atoms with Gasteiger partial charge in [0.05, 0.1) is 11.5 Å². The third-order valence-electron chi connectivity index (χ3n) is 2.46. The molecule has 0 aliphatic carbocycles. The van der Waals surface area contributed by atoms with E-state index in [-0.39, 0.29) is 6.61 Å². The average molecular weight is 267 g/mol. The minimum atomic E-state index is -0.0333. The van der Waals surface area contributed by atoms with E-state index in [9.17, 15) is 9.90 Å². The Morgan fingerprint density at radius 3 is 2.82 bits per heavy atom. The number of rotatable bonds is 4. The van der Waals surface area contributed by atoms with Crippen LogP contribution in [0.5, 0.6) is 0 Å². The minimum Gasteiger partial charge on any atom is -0.391 e. The molecule has 2 rings (SSSR count). The van der Waals surface area contributed by atoms with Crippen LogP contribution in [0.3, 0.4) is 0 Å². The van der Waals surface area contributed by atoms with E-state index in [1.54, 1.807) is 0 Å². The first-order valence-electron chi connectivity index (χ1n) is 5.15. The van der Waals surface area contributed by atoms with Crippen LogP contribution in [0.25, 0.3) is 0 Å². The van der Waals surface area contributed by atoms with Crippen molar-refractivity contribution in [3.8, 4) is 0 Å². The number of aliphatic hydroxyl groups excluding tert-OH is 1. The Kier molecular flexibility index (Phi) is 3.94. The van der Waals surface area contributed by atoms with Gasteiger partial charge >= 0.3 is 0 Å². The predicted molar refractivity (Wildman–Crippen MR) is 69.9 cm³/mol. The summed E-state index contributed by atoms with van der Waals surface area (Å²) in [4.78, 5) is 12.2. The van der Waals surface area contributed by atoms with E-state index in [1.807, 2.05) is 30.3 Å². The first-order valence-corrected chi connectivity index (χ1v) is 6.34. The first kappa shape index (κ1) is 12.3. The van der Waals surface area contributed by atoms with E-state index >= 15 is 0 Å². The van der Waals surface area contributed by atoms with Crippen LogP contribution < -0.4 is 0 Å². The summed E-state index contributed by atoms with van der Waals surface area (Å²) in [5, 5.41) is 9.92. The van der Waals surface area contributed by atoms with Gasteiger partial charge in [-0.15, -0.1) is 11.3 Å². The van der Waals surface area contributed by atoms with Crippen molar-refractivity contribution < 1.29 is 9.90 Å². The number of carbonyl (C=O) groups is 1. The molecule has 0 atom stereocenters. The zero-order valence-corrected chi connectivity index (χ0v) is 10.6. The molecule has 2 nitrogen and oxygen atoms in total. The summed E-state index contributed by atoms with van der Waals surface area (Å²) in [6.45, 7) is -0.0333. The van der Waals surface area contributed by atoms with Crippen molar-refractivity contribution in [3.63, 3.8) is 0 Å². The second-order valence-electron chi connectivity index (χ2n) is 3.68. The van der Waals surface area contributed by atoms with Gasteiger partial charge in [0.2, 0.25) is 0 Å². The SMILES string of the molecule is O=Cc1cc(Cc2cccc(Cl)c2)c(CO)s1. The second-order valence-corrected chi connectivity index (χ2v) is 5.28. The Balaban J connectivity index is 2.28. The van der Waals surface area contributed by atoms with Crippen LogP contribution in [-0.4, -0.2) is 11.4 Å². The monoisotopic (exact) mass is 266 g/mol. The standard InChI is InChI=1S/C13H11ClO2S/c14-11-3-1-2-9(5-11)4-10-6-12(7-15)17-13(10)8-16/h1-3,5-7,16H,4,8H2. The summed E-state index contributed by atoms with van der Waals surface area (Å²) in [6.07, 6.45) is 1.49. The molecule has 1 heterocycles. The molecule has 17 heavy (non-hydrogen) atoms. The van der Waals surface area contributed by atoms with Gasteiger partial charge in [-0.1, -0.05) is 23.7 Å². The van der Waals surface area contributed by atoms with Crippen molar-refractivity contribution in [1.29, 1.82) is 0 Å². The molecule has 0 saturated carbocycles. The quantitative estimate of drug-likeness (QED) is 0.862. The molecule has 0 fully saturated rings. The zero-order chi connectivity index (χ0) is 12.3. The fourth-order valence-electron chi connectivity index (χ4n) is 1.70. The highest BCUT2D eigenvalue weighted by Crippen LogP contribution is 2.24. The van der Waals surface area contributed by atoms with Crippen LogP contribution in [0.15, 0.2) is 30.3 Å². The molecule has 1 aromatic heterocycles. The number of halogens is 1. The summed E-state index contributed by atoms with van der Waals surface area (Å²) >= 11 is 7.25. The Labute approximate surface area is 108 Å². The number of carbonyl (C=O) groups excluding carboxylic acids is 1. The third-order valence-corrected chi connectivity index (χ3v) is 3.78. The summed E-state index contributed by atoms with van der Waals surface area (Å²) in [5.74, 6) is 0. The van der Waals surface area contributed by atoms with Gasteiger partial charge in [0.15, 0.2) is 6.29 Å². The largest absolute Gasteiger partial charge is 0.391 e. The molecule has 0 aliphatic heterocycles. The van der Waals surface area contributed by atoms with Crippen molar-refractivity contribution in [2.75, 3.05) is 0 Å². The molecule has 1 N–H and O–H groups in total. The van der Waals surface area contributed by atoms with Crippen molar-refractivity contribution in [2.24, 2.45) is 0 Å². The van der Waals surface area contributed by atoms with E-state index in [0.717, 1.165) is 22.3 Å². The number of thiophene rings is 1. The molecule has 0 spiro atoms. The van der Waals surface area contributed by atoms with Crippen LogP contribution in [-0.2, 0) is 13.0 Å². The van der Waals surface area contributed by atoms with Crippen LogP contribution in [0.1, 0.15) is 25.7 Å². The van der Waals surface area contributed by atoms with Gasteiger partial charge in [-0.3, -0.25) is 4.79 Å². The molecule has 0 aliphatic rings. The molecular formula is C13H11ClO2S. The molecular weight excluding hydrogens is 256 g/mol. The number of benzene rings is 1.